The molecule has 0 aliphatic carbocycles. The Morgan fingerprint density at radius 3 is 1.47 bits per heavy atom. The van der Waals surface area contributed by atoms with Crippen LogP contribution in [-0.2, 0) is 23.7 Å². The summed E-state index contributed by atoms with van der Waals surface area (Å²) in [7, 11) is 3.86. The Hall–Kier alpha value is -2.72. The zero-order chi connectivity index (χ0) is 22.5. The summed E-state index contributed by atoms with van der Waals surface area (Å²) in [4.78, 5) is 38.7. The van der Waals surface area contributed by atoms with Crippen molar-refractivity contribution in [3.8, 4) is 0 Å². The van der Waals surface area contributed by atoms with Crippen molar-refractivity contribution in [2.75, 3.05) is 39.3 Å². The summed E-state index contributed by atoms with van der Waals surface area (Å²) in [6, 6.07) is -0.0531. The topological polar surface area (TPSA) is 100 Å². The van der Waals surface area contributed by atoms with Crippen molar-refractivity contribution in [3.05, 3.63) is 36.4 Å². The highest BCUT2D eigenvalue weighted by Crippen LogP contribution is 2.24. The molecule has 0 saturated carbocycles. The van der Waals surface area contributed by atoms with E-state index in [1.165, 1.54) is 0 Å². The van der Waals surface area contributed by atoms with Crippen LogP contribution >= 0.6 is 0 Å². The molecule has 2 aliphatic heterocycles. The van der Waals surface area contributed by atoms with Gasteiger partial charge in [0.05, 0.1) is 36.1 Å². The maximum absolute atomic E-state index is 12.6. The number of aromatic nitrogens is 4. The van der Waals surface area contributed by atoms with Gasteiger partial charge in [0.1, 0.15) is 0 Å². The summed E-state index contributed by atoms with van der Waals surface area (Å²) in [5.74, 6) is -1.21. The number of nitrogens with zero attached hydrogens (tertiary/aromatic N) is 6. The summed E-state index contributed by atoms with van der Waals surface area (Å²) in [5.41, 5.74) is 1.83. The third kappa shape index (κ3) is 5.36. The molecule has 2 fully saturated rings. The van der Waals surface area contributed by atoms with Crippen LogP contribution in [0.2, 0.25) is 0 Å². The van der Waals surface area contributed by atoms with E-state index >= 15 is 0 Å². The van der Waals surface area contributed by atoms with Gasteiger partial charge in [0.25, 0.3) is 0 Å². The first-order valence-electron chi connectivity index (χ1n) is 11.5. The Labute approximate surface area is 189 Å². The van der Waals surface area contributed by atoms with E-state index in [2.05, 4.69) is 30.4 Å². The summed E-state index contributed by atoms with van der Waals surface area (Å²) < 4.78 is 3.81. The number of amides is 2. The molecular weight excluding hydrogens is 408 g/mol. The highest BCUT2D eigenvalue weighted by atomic mass is 16.2. The van der Waals surface area contributed by atoms with Gasteiger partial charge in [0.15, 0.2) is 0 Å². The molecule has 2 amide bonds. The minimum atomic E-state index is -0.605. The first-order valence-corrected chi connectivity index (χ1v) is 11.5. The molecule has 0 bridgehead atoms. The second kappa shape index (κ2) is 10.3. The Morgan fingerprint density at radius 2 is 1.16 bits per heavy atom. The van der Waals surface area contributed by atoms with Gasteiger partial charge >= 0.3 is 11.8 Å². The highest BCUT2D eigenvalue weighted by molar-refractivity contribution is 6.35. The van der Waals surface area contributed by atoms with Gasteiger partial charge in [-0.05, 0) is 51.9 Å². The lowest BCUT2D eigenvalue weighted by Crippen LogP contribution is -2.46. The standard InChI is InChI=1S/C22H34N8O2/c1-27-13-17(25-15-27)19(29-7-3-4-8-29)11-23-21(31)22(32)24-12-20(30-9-5-6-10-30)18-14-28(2)16-26-18/h13-16,19-20H,3-12H2,1-2H3,(H,23,31)(H,24,32). The predicted molar refractivity (Wildman–Crippen MR) is 120 cm³/mol. The lowest BCUT2D eigenvalue weighted by molar-refractivity contribution is -0.139. The van der Waals surface area contributed by atoms with Gasteiger partial charge < -0.3 is 19.8 Å². The summed E-state index contributed by atoms with van der Waals surface area (Å²) >= 11 is 0. The van der Waals surface area contributed by atoms with E-state index in [4.69, 9.17) is 0 Å². The monoisotopic (exact) mass is 442 g/mol. The summed E-state index contributed by atoms with van der Waals surface area (Å²) in [6.07, 6.45) is 12.1. The molecule has 2 aliphatic rings. The Balaban J connectivity index is 1.33. The molecule has 4 rings (SSSR count). The Morgan fingerprint density at radius 1 is 0.781 bits per heavy atom. The molecule has 2 N–H and O–H groups in total. The van der Waals surface area contributed by atoms with Crippen molar-refractivity contribution in [1.29, 1.82) is 0 Å². The van der Waals surface area contributed by atoms with Gasteiger partial charge in [-0.15, -0.1) is 0 Å². The van der Waals surface area contributed by atoms with E-state index in [1.807, 2.05) is 35.6 Å². The van der Waals surface area contributed by atoms with Crippen LogP contribution in [0.5, 0.6) is 0 Å². The average molecular weight is 443 g/mol. The smallest absolute Gasteiger partial charge is 0.309 e. The van der Waals surface area contributed by atoms with E-state index < -0.39 is 11.8 Å². The largest absolute Gasteiger partial charge is 0.346 e. The van der Waals surface area contributed by atoms with E-state index in [1.54, 1.807) is 12.7 Å². The average Bonchev–Trinajstić information content (AvgIpc) is 3.57. The number of aryl methyl sites for hydroxylation is 2. The maximum atomic E-state index is 12.6. The van der Waals surface area contributed by atoms with Crippen molar-refractivity contribution >= 4 is 11.8 Å². The lowest BCUT2D eigenvalue weighted by atomic mass is 10.2. The first-order chi connectivity index (χ1) is 15.5. The van der Waals surface area contributed by atoms with Crippen LogP contribution in [0.15, 0.2) is 25.0 Å². The number of rotatable bonds is 8. The minimum Gasteiger partial charge on any atom is -0.346 e. The number of imidazole rings is 2. The number of likely N-dealkylation sites (tertiary alicyclic amines) is 2. The maximum Gasteiger partial charge on any atom is 0.309 e. The molecule has 2 aromatic rings. The fourth-order valence-corrected chi connectivity index (χ4v) is 4.70. The lowest BCUT2D eigenvalue weighted by Gasteiger charge is -2.27. The van der Waals surface area contributed by atoms with Crippen LogP contribution in [0.4, 0.5) is 0 Å². The van der Waals surface area contributed by atoms with Crippen LogP contribution in [0.1, 0.15) is 49.2 Å². The highest BCUT2D eigenvalue weighted by Gasteiger charge is 2.28. The molecular formula is C22H34N8O2. The SMILES string of the molecule is Cn1cnc(C(CNC(=O)C(=O)NCC(c2cn(C)cn2)N2CCCC2)N2CCCC2)c1. The molecule has 10 nitrogen and oxygen atoms in total. The molecule has 174 valence electrons. The summed E-state index contributed by atoms with van der Waals surface area (Å²) in [5, 5.41) is 5.66. The molecule has 2 atom stereocenters. The van der Waals surface area contributed by atoms with Crippen molar-refractivity contribution in [2.45, 2.75) is 37.8 Å². The number of hydrogen-bond donors (Lipinski definition) is 2. The molecule has 2 saturated heterocycles. The second-order valence-electron chi connectivity index (χ2n) is 8.87. The molecule has 0 radical (unpaired) electrons. The van der Waals surface area contributed by atoms with Gasteiger partial charge in [-0.3, -0.25) is 19.4 Å². The molecule has 4 heterocycles. The molecule has 0 aromatic carbocycles. The van der Waals surface area contributed by atoms with Crippen molar-refractivity contribution in [3.63, 3.8) is 0 Å². The minimum absolute atomic E-state index is 0.0266. The third-order valence-electron chi connectivity index (χ3n) is 6.41. The van der Waals surface area contributed by atoms with E-state index in [9.17, 15) is 9.59 Å². The van der Waals surface area contributed by atoms with Gasteiger partial charge in [-0.1, -0.05) is 0 Å². The number of carbonyl (C=O) groups excluding carboxylic acids is 2. The molecule has 10 heteroatoms. The van der Waals surface area contributed by atoms with Crippen LogP contribution in [-0.4, -0.2) is 80.0 Å². The summed E-state index contributed by atoms with van der Waals surface area (Å²) in [6.45, 7) is 4.63. The van der Waals surface area contributed by atoms with Gasteiger partial charge in [-0.2, -0.15) is 0 Å². The number of hydrogen-bond acceptors (Lipinski definition) is 6. The molecule has 2 aromatic heterocycles. The van der Waals surface area contributed by atoms with Crippen molar-refractivity contribution in [1.82, 2.24) is 39.5 Å². The van der Waals surface area contributed by atoms with Crippen molar-refractivity contribution in [2.24, 2.45) is 14.1 Å². The zero-order valence-electron chi connectivity index (χ0n) is 19.0. The van der Waals surface area contributed by atoms with Crippen LogP contribution < -0.4 is 10.6 Å². The first kappa shape index (κ1) is 22.5. The van der Waals surface area contributed by atoms with E-state index in [-0.39, 0.29) is 12.1 Å². The molecule has 0 spiro atoms. The zero-order valence-corrected chi connectivity index (χ0v) is 19.0. The number of nitrogens with one attached hydrogen (secondary N) is 2. The van der Waals surface area contributed by atoms with Crippen LogP contribution in [0, 0.1) is 0 Å². The normalized spacial score (nSPS) is 19.2. The number of carbonyl (C=O) groups is 2. The molecule has 32 heavy (non-hydrogen) atoms. The van der Waals surface area contributed by atoms with Crippen LogP contribution in [0.3, 0.4) is 0 Å². The Bertz CT molecular complexity index is 836. The van der Waals surface area contributed by atoms with Crippen molar-refractivity contribution < 1.29 is 9.59 Å². The van der Waals surface area contributed by atoms with E-state index in [0.717, 1.165) is 63.3 Å². The van der Waals surface area contributed by atoms with E-state index in [0.29, 0.717) is 13.1 Å². The third-order valence-corrected chi connectivity index (χ3v) is 6.41. The van der Waals surface area contributed by atoms with Crippen LogP contribution in [0.25, 0.3) is 0 Å². The predicted octanol–water partition coefficient (Wildman–Crippen LogP) is 0.360. The Kier molecular flexibility index (Phi) is 7.21. The fourth-order valence-electron chi connectivity index (χ4n) is 4.70. The second-order valence-corrected chi connectivity index (χ2v) is 8.87. The van der Waals surface area contributed by atoms with Gasteiger partial charge in [-0.25, -0.2) is 9.97 Å². The molecule has 2 unspecified atom stereocenters. The van der Waals surface area contributed by atoms with Gasteiger partial charge in [0, 0.05) is 39.6 Å². The quantitative estimate of drug-likeness (QED) is 0.573. The van der Waals surface area contributed by atoms with Gasteiger partial charge in [0.2, 0.25) is 0 Å². The fraction of sp³-hybridized carbons (Fsp3) is 0.636.